The van der Waals surface area contributed by atoms with Crippen molar-refractivity contribution in [2.45, 2.75) is 87.3 Å². The molecule has 0 radical (unpaired) electrons. The number of aromatic amines is 1. The first-order valence-electron chi connectivity index (χ1n) is 23.6. The van der Waals surface area contributed by atoms with E-state index in [-0.39, 0.29) is 51.8 Å². The number of nitrogen functional groups attached to an aromatic ring is 2. The number of rotatable bonds is 21. The van der Waals surface area contributed by atoms with E-state index in [1.807, 2.05) is 31.2 Å². The highest BCUT2D eigenvalue weighted by atomic mass is 31.3. The number of fused-ring (bicyclic) bond motifs is 3. The van der Waals surface area contributed by atoms with Crippen molar-refractivity contribution in [1.82, 2.24) is 53.6 Å². The third-order valence-electron chi connectivity index (χ3n) is 12.9. The van der Waals surface area contributed by atoms with E-state index in [1.54, 1.807) is 0 Å². The highest BCUT2D eigenvalue weighted by Crippen LogP contribution is 2.63. The summed E-state index contributed by atoms with van der Waals surface area (Å²) < 4.78 is 108. The molecule has 9 heterocycles. The van der Waals surface area contributed by atoms with Crippen LogP contribution in [0.5, 0.6) is 5.88 Å². The Balaban J connectivity index is 0.845. The molecule has 1 aromatic carbocycles. The molecular formula is C39H45N15O24P4-4. The predicted octanol–water partition coefficient (Wildman–Crippen LogP) is -5.16. The first-order chi connectivity index (χ1) is 38.6. The van der Waals surface area contributed by atoms with Crippen LogP contribution < -0.4 is 51.6 Å². The molecule has 10 rings (SSSR count). The quantitative estimate of drug-likeness (QED) is 0.0246. The average molecular weight is 1230 g/mol. The molecule has 16 atom stereocenters. The minimum atomic E-state index is -6.63. The molecular weight excluding hydrogens is 1190 g/mol. The van der Waals surface area contributed by atoms with Gasteiger partial charge in [0.05, 0.1) is 32.9 Å². The molecule has 0 amide bonds. The SMILES string of the molecule is COC1[C@@H](OP(=O)([O-])O[C@H]2O[C@@H](n3cnc4c(=O)[nH]c(N)nc43)C(O)[C@H]2O)[C@@H](COP(=O)([O-])OP(=O)([O-])OP(=O)([O-])OC[C@H]2O[C@@H]([n+]3cn(C)c4c([O-])nc(N)nc43)C(O)C2O)O[C@H]1n1cnc2c(NCc3ccccc3C)ncnc21. The smallest absolute Gasteiger partial charge is 0.309 e. The Morgan fingerprint density at radius 3 is 2.13 bits per heavy atom. The minimum absolute atomic E-state index is 0.0174. The first-order valence-corrected chi connectivity index (χ1v) is 29.4. The van der Waals surface area contributed by atoms with E-state index in [2.05, 4.69) is 58.3 Å². The summed E-state index contributed by atoms with van der Waals surface area (Å²) in [7, 11) is -22.7. The van der Waals surface area contributed by atoms with Gasteiger partial charge in [-0.05, 0) is 18.1 Å². The molecule has 3 saturated heterocycles. The highest BCUT2D eigenvalue weighted by Gasteiger charge is 2.52. The summed E-state index contributed by atoms with van der Waals surface area (Å²) in [6, 6.07) is 7.45. The number of anilines is 3. The van der Waals surface area contributed by atoms with Crippen molar-refractivity contribution < 1.29 is 114 Å². The molecule has 3 aliphatic rings. The van der Waals surface area contributed by atoms with Crippen molar-refractivity contribution in [2.24, 2.45) is 7.05 Å². The minimum Gasteiger partial charge on any atom is -0.856 e. The fourth-order valence-corrected chi connectivity index (χ4v) is 13.5. The maximum absolute atomic E-state index is 13.9. The number of phosphoric acid groups is 4. The van der Waals surface area contributed by atoms with Crippen LogP contribution >= 0.6 is 31.3 Å². The van der Waals surface area contributed by atoms with Gasteiger partial charge in [0.1, 0.15) is 55.2 Å². The third-order valence-corrected chi connectivity index (χ3v) is 18.0. The van der Waals surface area contributed by atoms with E-state index in [0.29, 0.717) is 0 Å². The number of nitrogens with two attached hydrogens (primary N) is 2. The topological polar surface area (TPSA) is 563 Å². The number of nitrogens with zero attached hydrogens (tertiary/aromatic N) is 11. The summed E-state index contributed by atoms with van der Waals surface area (Å²) in [4.78, 5) is 95.6. The van der Waals surface area contributed by atoms with Crippen molar-refractivity contribution in [3.63, 3.8) is 0 Å². The summed E-state index contributed by atoms with van der Waals surface area (Å²) >= 11 is 0. The number of ether oxygens (including phenoxy) is 4. The van der Waals surface area contributed by atoms with E-state index in [4.69, 9.17) is 44.0 Å². The van der Waals surface area contributed by atoms with Gasteiger partial charge in [0, 0.05) is 19.5 Å². The molecule has 3 fully saturated rings. The van der Waals surface area contributed by atoms with Gasteiger partial charge < -0.3 is 94.4 Å². The van der Waals surface area contributed by atoms with E-state index in [0.717, 1.165) is 40.0 Å². The lowest BCUT2D eigenvalue weighted by Crippen LogP contribution is -2.46. The van der Waals surface area contributed by atoms with Gasteiger partial charge in [-0.1, -0.05) is 29.2 Å². The Labute approximate surface area is 457 Å². The number of methoxy groups -OCH3 is 1. The molecule has 43 heteroatoms. The molecule has 7 aromatic rings. The van der Waals surface area contributed by atoms with Crippen LogP contribution in [0.2, 0.25) is 0 Å². The summed E-state index contributed by atoms with van der Waals surface area (Å²) in [6.07, 6.45) is -18.3. The lowest BCUT2D eigenvalue weighted by atomic mass is 10.1. The summed E-state index contributed by atoms with van der Waals surface area (Å²) in [6.45, 7) is -0.546. The molecule has 39 nitrogen and oxygen atoms in total. The Morgan fingerprint density at radius 2 is 1.44 bits per heavy atom. The van der Waals surface area contributed by atoms with Gasteiger partial charge in [-0.25, -0.2) is 38.1 Å². The van der Waals surface area contributed by atoms with Crippen LogP contribution in [0.4, 0.5) is 17.7 Å². The van der Waals surface area contributed by atoms with E-state index < -0.39 is 136 Å². The molecule has 10 N–H and O–H groups in total. The summed E-state index contributed by atoms with van der Waals surface area (Å²) in [5.74, 6) is -1.44. The average Bonchev–Trinajstić information content (AvgIpc) is 4.40. The van der Waals surface area contributed by atoms with Gasteiger partial charge >= 0.3 is 5.65 Å². The van der Waals surface area contributed by atoms with Crippen LogP contribution in [0.15, 0.2) is 54.4 Å². The Morgan fingerprint density at radius 1 is 0.768 bits per heavy atom. The van der Waals surface area contributed by atoms with Crippen molar-refractivity contribution >= 4 is 82.5 Å². The number of imidazole rings is 3. The second kappa shape index (κ2) is 22.6. The van der Waals surface area contributed by atoms with Gasteiger partial charge in [-0.2, -0.15) is 4.98 Å². The molecule has 3 aliphatic heterocycles. The van der Waals surface area contributed by atoms with Crippen molar-refractivity contribution in [3.8, 4) is 5.88 Å². The first kappa shape index (κ1) is 59.2. The van der Waals surface area contributed by atoms with Crippen LogP contribution in [0.3, 0.4) is 0 Å². The molecule has 444 valence electrons. The Bertz CT molecular complexity index is 3820. The highest BCUT2D eigenvalue weighted by molar-refractivity contribution is 7.65. The summed E-state index contributed by atoms with van der Waals surface area (Å²) in [5, 5.41) is 59.0. The molecule has 6 aromatic heterocycles. The van der Waals surface area contributed by atoms with Crippen molar-refractivity contribution in [2.75, 3.05) is 37.1 Å². The standard InChI is InChI=1S/C39H49N15O24P4/c1-15-6-4-5-7-16(15)8-42-28-19-29(44-11-43-28)52(12-45-19)36-27(69-3)26(75-81(65,66)76-37-25(58)24(57)34(74-37)53-13-46-20-30(53)47-38(40)49-32(20)59)18(73-36)10-71-80(63,64)78-82(67,68)77-79(61,62)70-9-17-22(55)23(56)35(72-17)54-14-51(2)21-31(54)48-39(41)50-33(21)60/h4-7,11-14,17-18,22-27,34-37,55-58H,8-10H2,1-3H3,(H10-,40,41,42,43,44,47,48,49,50,59,60,61,62,63,64,65,66,67,68)/p-4/t17-,18-,22?,23?,24?,25-,26+,27?,34-,35-,36-,37-/m1/s1. The number of benzene rings is 1. The summed E-state index contributed by atoms with van der Waals surface area (Å²) in [5.41, 5.74) is 11.7. The molecule has 0 aliphatic carbocycles. The van der Waals surface area contributed by atoms with Crippen molar-refractivity contribution in [3.05, 3.63) is 71.1 Å². The molecule has 0 saturated carbocycles. The van der Waals surface area contributed by atoms with E-state index in [1.165, 1.54) is 28.8 Å². The number of phosphoric ester groups is 3. The van der Waals surface area contributed by atoms with Crippen LogP contribution in [0.25, 0.3) is 33.5 Å². The fourth-order valence-electron chi connectivity index (χ4n) is 9.12. The molecule has 0 bridgehead atoms. The maximum Gasteiger partial charge on any atom is 0.309 e. The fraction of sp³-hybridized carbons (Fsp3) is 0.462. The van der Waals surface area contributed by atoms with Crippen LogP contribution in [-0.4, -0.2) is 149 Å². The lowest BCUT2D eigenvalue weighted by Gasteiger charge is -2.35. The van der Waals surface area contributed by atoms with E-state index >= 15 is 0 Å². The second-order valence-electron chi connectivity index (χ2n) is 18.2. The van der Waals surface area contributed by atoms with Gasteiger partial charge in [0.2, 0.25) is 12.2 Å². The van der Waals surface area contributed by atoms with Gasteiger partial charge in [-0.15, -0.1) is 0 Å². The molecule has 0 spiro atoms. The zero-order valence-electron chi connectivity index (χ0n) is 42.0. The monoisotopic (exact) mass is 1230 g/mol. The van der Waals surface area contributed by atoms with E-state index in [9.17, 15) is 68.2 Å². The zero-order valence-corrected chi connectivity index (χ0v) is 45.6. The Kier molecular flexibility index (Phi) is 16.3. The number of hydrogen-bond donors (Lipinski definition) is 8. The number of hydrogen-bond acceptors (Lipinski definition) is 34. The number of nitrogens with one attached hydrogen (secondary N) is 2. The third kappa shape index (κ3) is 11.9. The lowest BCUT2D eigenvalue weighted by molar-refractivity contribution is -0.745. The van der Waals surface area contributed by atoms with Crippen molar-refractivity contribution in [1.29, 1.82) is 0 Å². The van der Waals surface area contributed by atoms with Crippen LogP contribution in [0, 0.1) is 6.92 Å². The van der Waals surface area contributed by atoms with Crippen LogP contribution in [0.1, 0.15) is 29.8 Å². The zero-order chi connectivity index (χ0) is 59.0. The number of aliphatic hydroxyl groups excluding tert-OH is 4. The largest absolute Gasteiger partial charge is 0.856 e. The molecule has 8 unspecified atom stereocenters. The number of aliphatic hydroxyl groups is 4. The van der Waals surface area contributed by atoms with Gasteiger partial charge in [0.15, 0.2) is 58.7 Å². The maximum atomic E-state index is 13.9. The number of aryl methyl sites for hydroxylation is 2. The van der Waals surface area contributed by atoms with Crippen LogP contribution in [-0.2, 0) is 77.5 Å². The molecule has 82 heavy (non-hydrogen) atoms. The number of aromatic nitrogens is 12. The normalized spacial score (nSPS) is 28.8. The predicted molar refractivity (Wildman–Crippen MR) is 256 cm³/mol. The van der Waals surface area contributed by atoms with Gasteiger partial charge in [0.25, 0.3) is 42.8 Å². The Hall–Kier alpha value is -5.93. The second-order valence-corrected chi connectivity index (χ2v) is 24.0. The number of H-pyrrole nitrogens is 1. The van der Waals surface area contributed by atoms with Gasteiger partial charge in [-0.3, -0.25) is 46.3 Å².